The van der Waals surface area contributed by atoms with E-state index in [1.807, 2.05) is 45.0 Å². The number of para-hydroxylation sites is 1. The van der Waals surface area contributed by atoms with E-state index in [0.717, 1.165) is 23.0 Å². The number of amides is 1. The lowest BCUT2D eigenvalue weighted by Crippen LogP contribution is -2.25. The fourth-order valence-corrected chi connectivity index (χ4v) is 2.54. The molecule has 1 amide bonds. The fourth-order valence-electron chi connectivity index (χ4n) is 1.61. The summed E-state index contributed by atoms with van der Waals surface area (Å²) in [6.45, 7) is 5.59. The van der Waals surface area contributed by atoms with Gasteiger partial charge in [0.1, 0.15) is 5.25 Å². The van der Waals surface area contributed by atoms with Gasteiger partial charge in [-0.1, -0.05) is 32.0 Å². The van der Waals surface area contributed by atoms with Gasteiger partial charge in [-0.3, -0.25) is 9.59 Å². The number of carboxylic acids is 1. The number of benzene rings is 1. The number of aryl methyl sites for hydroxylation is 1. The zero-order chi connectivity index (χ0) is 14.4. The lowest BCUT2D eigenvalue weighted by Gasteiger charge is -2.15. The Morgan fingerprint density at radius 2 is 1.95 bits per heavy atom. The second-order valence-corrected chi connectivity index (χ2v) is 5.81. The number of nitrogens with one attached hydrogen (secondary N) is 1. The number of hydrogen-bond acceptors (Lipinski definition) is 3. The van der Waals surface area contributed by atoms with Gasteiger partial charge in [0.05, 0.1) is 5.75 Å². The van der Waals surface area contributed by atoms with Gasteiger partial charge in [-0.25, -0.2) is 0 Å². The molecule has 0 aliphatic rings. The van der Waals surface area contributed by atoms with Crippen LogP contribution in [0.4, 0.5) is 5.69 Å². The van der Waals surface area contributed by atoms with Crippen LogP contribution in [-0.2, 0) is 9.59 Å². The smallest absolute Gasteiger partial charge is 0.316 e. The highest BCUT2D eigenvalue weighted by molar-refractivity contribution is 8.01. The second-order valence-electron chi connectivity index (χ2n) is 4.68. The van der Waals surface area contributed by atoms with Crippen molar-refractivity contribution in [2.24, 2.45) is 5.92 Å². The Morgan fingerprint density at radius 1 is 1.32 bits per heavy atom. The monoisotopic (exact) mass is 281 g/mol. The minimum Gasteiger partial charge on any atom is -0.480 e. The number of thioether (sulfide) groups is 1. The number of aliphatic carboxylic acids is 1. The number of carbonyl (C=O) groups is 2. The van der Waals surface area contributed by atoms with E-state index in [-0.39, 0.29) is 17.6 Å². The Labute approximate surface area is 117 Å². The Balaban J connectivity index is 2.52. The Morgan fingerprint density at radius 3 is 2.47 bits per heavy atom. The van der Waals surface area contributed by atoms with E-state index in [9.17, 15) is 9.59 Å². The first-order valence-corrected chi connectivity index (χ1v) is 7.16. The van der Waals surface area contributed by atoms with Gasteiger partial charge in [0, 0.05) is 5.69 Å². The van der Waals surface area contributed by atoms with E-state index in [2.05, 4.69) is 5.32 Å². The van der Waals surface area contributed by atoms with Crippen molar-refractivity contribution in [1.29, 1.82) is 0 Å². The van der Waals surface area contributed by atoms with Gasteiger partial charge >= 0.3 is 5.97 Å². The summed E-state index contributed by atoms with van der Waals surface area (Å²) in [7, 11) is 0. The molecule has 2 N–H and O–H groups in total. The summed E-state index contributed by atoms with van der Waals surface area (Å²) >= 11 is 1.16. The van der Waals surface area contributed by atoms with Gasteiger partial charge in [-0.15, -0.1) is 11.8 Å². The third-order valence-electron chi connectivity index (χ3n) is 2.66. The maximum Gasteiger partial charge on any atom is 0.316 e. The van der Waals surface area contributed by atoms with Crippen molar-refractivity contribution in [3.63, 3.8) is 0 Å². The summed E-state index contributed by atoms with van der Waals surface area (Å²) < 4.78 is 0. The van der Waals surface area contributed by atoms with Crippen LogP contribution in [0, 0.1) is 12.8 Å². The summed E-state index contributed by atoms with van der Waals surface area (Å²) in [5, 5.41) is 11.3. The maximum atomic E-state index is 11.8. The van der Waals surface area contributed by atoms with Gasteiger partial charge in [0.15, 0.2) is 0 Å². The molecule has 1 rings (SSSR count). The molecule has 19 heavy (non-hydrogen) atoms. The van der Waals surface area contributed by atoms with Gasteiger partial charge in [-0.2, -0.15) is 0 Å². The highest BCUT2D eigenvalue weighted by atomic mass is 32.2. The van der Waals surface area contributed by atoms with Crippen LogP contribution in [0.5, 0.6) is 0 Å². The van der Waals surface area contributed by atoms with Crippen molar-refractivity contribution in [3.05, 3.63) is 29.8 Å². The maximum absolute atomic E-state index is 11.8. The van der Waals surface area contributed by atoms with Crippen LogP contribution in [0.1, 0.15) is 19.4 Å². The molecule has 0 aliphatic carbocycles. The summed E-state index contributed by atoms with van der Waals surface area (Å²) in [5.74, 6) is -0.910. The zero-order valence-electron chi connectivity index (χ0n) is 11.3. The molecule has 1 unspecified atom stereocenters. The highest BCUT2D eigenvalue weighted by Crippen LogP contribution is 2.20. The SMILES string of the molecule is Cc1ccccc1NC(=O)CSC(C(=O)O)C(C)C. The topological polar surface area (TPSA) is 66.4 Å². The van der Waals surface area contributed by atoms with E-state index in [1.54, 1.807) is 0 Å². The van der Waals surface area contributed by atoms with Gasteiger partial charge in [-0.05, 0) is 24.5 Å². The van der Waals surface area contributed by atoms with Crippen LogP contribution in [0.25, 0.3) is 0 Å². The van der Waals surface area contributed by atoms with Crippen LogP contribution in [0.3, 0.4) is 0 Å². The number of rotatable bonds is 6. The molecule has 0 saturated heterocycles. The minimum atomic E-state index is -0.872. The molecule has 0 aliphatic heterocycles. The highest BCUT2D eigenvalue weighted by Gasteiger charge is 2.22. The molecule has 0 heterocycles. The second kappa shape index (κ2) is 7.19. The third kappa shape index (κ3) is 4.95. The van der Waals surface area contributed by atoms with Crippen LogP contribution in [0.2, 0.25) is 0 Å². The van der Waals surface area contributed by atoms with E-state index >= 15 is 0 Å². The summed E-state index contributed by atoms with van der Waals surface area (Å²) in [6.07, 6.45) is 0. The summed E-state index contributed by atoms with van der Waals surface area (Å²) in [5.41, 5.74) is 1.75. The lowest BCUT2D eigenvalue weighted by atomic mass is 10.1. The Bertz CT molecular complexity index is 460. The molecule has 0 spiro atoms. The number of carbonyl (C=O) groups excluding carboxylic acids is 1. The Hall–Kier alpha value is -1.49. The summed E-state index contributed by atoms with van der Waals surface area (Å²) in [6, 6.07) is 7.49. The predicted octanol–water partition coefficient (Wildman–Crippen LogP) is 2.78. The van der Waals surface area contributed by atoms with E-state index in [1.165, 1.54) is 0 Å². The molecule has 0 radical (unpaired) electrons. The lowest BCUT2D eigenvalue weighted by molar-refractivity contribution is -0.137. The third-order valence-corrected chi connectivity index (χ3v) is 4.20. The van der Waals surface area contributed by atoms with Crippen molar-refractivity contribution >= 4 is 29.3 Å². The largest absolute Gasteiger partial charge is 0.480 e. The zero-order valence-corrected chi connectivity index (χ0v) is 12.2. The predicted molar refractivity (Wildman–Crippen MR) is 78.5 cm³/mol. The molecule has 104 valence electrons. The molecule has 0 bridgehead atoms. The van der Waals surface area contributed by atoms with Crippen LogP contribution in [-0.4, -0.2) is 28.0 Å². The first kappa shape index (κ1) is 15.6. The average molecular weight is 281 g/mol. The molecule has 0 aromatic heterocycles. The minimum absolute atomic E-state index is 0.00578. The molecule has 1 atom stereocenters. The molecule has 4 nitrogen and oxygen atoms in total. The van der Waals surface area contributed by atoms with Gasteiger partial charge in [0.25, 0.3) is 0 Å². The van der Waals surface area contributed by atoms with E-state index < -0.39 is 11.2 Å². The molecule has 1 aromatic carbocycles. The van der Waals surface area contributed by atoms with Crippen molar-refractivity contribution in [1.82, 2.24) is 0 Å². The Kier molecular flexibility index (Phi) is 5.89. The number of anilines is 1. The van der Waals surface area contributed by atoms with E-state index in [4.69, 9.17) is 5.11 Å². The van der Waals surface area contributed by atoms with E-state index in [0.29, 0.717) is 0 Å². The van der Waals surface area contributed by atoms with Gasteiger partial charge < -0.3 is 10.4 Å². The van der Waals surface area contributed by atoms with Crippen LogP contribution >= 0.6 is 11.8 Å². The van der Waals surface area contributed by atoms with Crippen LogP contribution in [0.15, 0.2) is 24.3 Å². The molecular weight excluding hydrogens is 262 g/mol. The number of carboxylic acid groups (broad SMARTS) is 1. The van der Waals surface area contributed by atoms with Crippen molar-refractivity contribution < 1.29 is 14.7 Å². The van der Waals surface area contributed by atoms with Crippen LogP contribution < -0.4 is 5.32 Å². The molecule has 1 aromatic rings. The quantitative estimate of drug-likeness (QED) is 0.841. The first-order valence-electron chi connectivity index (χ1n) is 6.11. The standard InChI is InChI=1S/C14H19NO3S/c1-9(2)13(14(17)18)19-8-12(16)15-11-7-5-4-6-10(11)3/h4-7,9,13H,8H2,1-3H3,(H,15,16)(H,17,18). The number of hydrogen-bond donors (Lipinski definition) is 2. The average Bonchev–Trinajstić information content (AvgIpc) is 2.31. The molecular formula is C14H19NO3S. The summed E-state index contributed by atoms with van der Waals surface area (Å²) in [4.78, 5) is 22.8. The normalized spacial score (nSPS) is 12.2. The first-order chi connectivity index (χ1) is 8.91. The van der Waals surface area contributed by atoms with Crippen molar-refractivity contribution in [2.75, 3.05) is 11.1 Å². The molecule has 0 saturated carbocycles. The van der Waals surface area contributed by atoms with Gasteiger partial charge in [0.2, 0.25) is 5.91 Å². The molecule has 5 heteroatoms. The van der Waals surface area contributed by atoms with Crippen molar-refractivity contribution in [2.45, 2.75) is 26.0 Å². The van der Waals surface area contributed by atoms with Crippen molar-refractivity contribution in [3.8, 4) is 0 Å². The molecule has 0 fully saturated rings. The fraction of sp³-hybridized carbons (Fsp3) is 0.429.